The van der Waals surface area contributed by atoms with E-state index >= 15 is 0 Å². The largest absolute Gasteiger partial charge is 0.497 e. The Balaban J connectivity index is 1.41. The summed E-state index contributed by atoms with van der Waals surface area (Å²) >= 11 is 0. The van der Waals surface area contributed by atoms with Crippen molar-refractivity contribution in [2.24, 2.45) is 5.92 Å². The second-order valence-corrected chi connectivity index (χ2v) is 8.30. The van der Waals surface area contributed by atoms with Crippen LogP contribution in [0.5, 0.6) is 5.75 Å². The number of rotatable bonds is 7. The van der Waals surface area contributed by atoms with Crippen LogP contribution < -0.4 is 4.74 Å². The van der Waals surface area contributed by atoms with Crippen molar-refractivity contribution in [2.45, 2.75) is 45.4 Å². The molecule has 0 spiro atoms. The minimum Gasteiger partial charge on any atom is -0.497 e. The third-order valence-corrected chi connectivity index (χ3v) is 6.22. The number of benzene rings is 1. The minimum atomic E-state index is 0.134. The Morgan fingerprint density at radius 1 is 1.11 bits per heavy atom. The molecule has 5 rings (SSSR count). The molecule has 2 atom stereocenters. The normalized spacial score (nSPS) is 23.1. The lowest BCUT2D eigenvalue weighted by atomic mass is 9.94. The second kappa shape index (κ2) is 8.64. The minimum absolute atomic E-state index is 0.134. The zero-order valence-corrected chi connectivity index (χ0v) is 17.0. The van der Waals surface area contributed by atoms with E-state index < -0.39 is 0 Å². The van der Waals surface area contributed by atoms with Gasteiger partial charge in [-0.15, -0.1) is 0 Å². The van der Waals surface area contributed by atoms with Gasteiger partial charge in [-0.1, -0.05) is 12.1 Å². The number of aliphatic hydroxyl groups excluding tert-OH is 1. The monoisotopic (exact) mass is 384 g/mol. The Kier molecular flexibility index (Phi) is 5.99. The van der Waals surface area contributed by atoms with E-state index in [-0.39, 0.29) is 6.61 Å². The van der Waals surface area contributed by atoms with E-state index in [1.807, 2.05) is 4.68 Å². The molecule has 0 amide bonds. The summed E-state index contributed by atoms with van der Waals surface area (Å²) in [5.74, 6) is 1.66. The van der Waals surface area contributed by atoms with E-state index in [2.05, 4.69) is 52.3 Å². The first kappa shape index (κ1) is 19.4. The van der Waals surface area contributed by atoms with Gasteiger partial charge in [0.15, 0.2) is 0 Å². The number of aliphatic hydroxyl groups is 1. The summed E-state index contributed by atoms with van der Waals surface area (Å²) in [7, 11) is 1.71. The van der Waals surface area contributed by atoms with E-state index in [0.29, 0.717) is 12.6 Å². The molecule has 152 valence electrons. The molecule has 2 bridgehead atoms. The van der Waals surface area contributed by atoms with Crippen LogP contribution in [-0.4, -0.2) is 64.1 Å². The highest BCUT2D eigenvalue weighted by atomic mass is 16.5. The van der Waals surface area contributed by atoms with Crippen LogP contribution in [0.1, 0.15) is 29.7 Å². The Hall–Kier alpha value is -1.89. The number of hydrogen-bond donors (Lipinski definition) is 1. The van der Waals surface area contributed by atoms with Gasteiger partial charge < -0.3 is 9.84 Å². The van der Waals surface area contributed by atoms with Crippen molar-refractivity contribution >= 4 is 0 Å². The van der Waals surface area contributed by atoms with E-state index in [1.54, 1.807) is 7.11 Å². The van der Waals surface area contributed by atoms with Crippen LogP contribution in [0.3, 0.4) is 0 Å². The Morgan fingerprint density at radius 3 is 2.68 bits per heavy atom. The fraction of sp³-hybridized carbons (Fsp3) is 0.591. The molecule has 3 fully saturated rings. The first-order valence-corrected chi connectivity index (χ1v) is 10.4. The predicted octanol–water partition coefficient (Wildman–Crippen LogP) is 2.29. The molecule has 0 aliphatic carbocycles. The van der Waals surface area contributed by atoms with Gasteiger partial charge in [-0.2, -0.15) is 5.10 Å². The van der Waals surface area contributed by atoms with Crippen LogP contribution in [0.25, 0.3) is 0 Å². The average Bonchev–Trinajstić information content (AvgIpc) is 2.84. The van der Waals surface area contributed by atoms with Crippen molar-refractivity contribution in [2.75, 3.05) is 33.4 Å². The lowest BCUT2D eigenvalue weighted by Crippen LogP contribution is -2.43. The van der Waals surface area contributed by atoms with Gasteiger partial charge in [-0.3, -0.25) is 14.5 Å². The second-order valence-electron chi connectivity index (χ2n) is 8.30. The quantitative estimate of drug-likeness (QED) is 0.794. The number of methoxy groups -OCH3 is 1. The maximum Gasteiger partial charge on any atom is 0.118 e. The number of piperidine rings is 1. The maximum absolute atomic E-state index is 9.16. The molecule has 2 aromatic rings. The number of fused-ring (bicyclic) bond motifs is 4. The van der Waals surface area contributed by atoms with Crippen molar-refractivity contribution in [1.82, 2.24) is 19.6 Å². The zero-order chi connectivity index (χ0) is 19.5. The fourth-order valence-electron chi connectivity index (χ4n) is 4.74. The summed E-state index contributed by atoms with van der Waals surface area (Å²) in [6.07, 6.45) is 4.73. The highest BCUT2D eigenvalue weighted by Gasteiger charge is 2.35. The average molecular weight is 385 g/mol. The van der Waals surface area contributed by atoms with Crippen molar-refractivity contribution in [3.05, 3.63) is 47.3 Å². The van der Waals surface area contributed by atoms with Gasteiger partial charge in [0.25, 0.3) is 0 Å². The van der Waals surface area contributed by atoms with Crippen LogP contribution in [0.4, 0.5) is 0 Å². The first-order valence-electron chi connectivity index (χ1n) is 10.4. The van der Waals surface area contributed by atoms with Gasteiger partial charge in [0.05, 0.1) is 26.0 Å². The van der Waals surface area contributed by atoms with Crippen LogP contribution in [-0.2, 0) is 19.6 Å². The van der Waals surface area contributed by atoms with Gasteiger partial charge in [0.1, 0.15) is 5.75 Å². The fourth-order valence-corrected chi connectivity index (χ4v) is 4.74. The molecule has 6 heteroatoms. The summed E-state index contributed by atoms with van der Waals surface area (Å²) in [6.45, 7) is 8.25. The summed E-state index contributed by atoms with van der Waals surface area (Å²) in [4.78, 5) is 5.29. The first-order chi connectivity index (χ1) is 13.6. The number of aryl methyl sites for hydroxylation is 1. The van der Waals surface area contributed by atoms with Crippen molar-refractivity contribution < 1.29 is 9.84 Å². The molecule has 3 aliphatic rings. The van der Waals surface area contributed by atoms with E-state index in [1.165, 1.54) is 37.1 Å². The van der Waals surface area contributed by atoms with Crippen molar-refractivity contribution in [1.29, 1.82) is 0 Å². The topological polar surface area (TPSA) is 53.8 Å². The molecule has 0 unspecified atom stereocenters. The summed E-state index contributed by atoms with van der Waals surface area (Å²) < 4.78 is 7.15. The molecule has 4 heterocycles. The third-order valence-electron chi connectivity index (χ3n) is 6.22. The number of aromatic nitrogens is 2. The number of ether oxygens (including phenoxy) is 1. The smallest absolute Gasteiger partial charge is 0.118 e. The highest BCUT2D eigenvalue weighted by molar-refractivity contribution is 5.27. The number of hydrogen-bond acceptors (Lipinski definition) is 5. The van der Waals surface area contributed by atoms with E-state index in [4.69, 9.17) is 9.84 Å². The number of nitrogens with zero attached hydrogens (tertiary/aromatic N) is 4. The van der Waals surface area contributed by atoms with Gasteiger partial charge in [-0.25, -0.2) is 0 Å². The zero-order valence-electron chi connectivity index (χ0n) is 17.0. The van der Waals surface area contributed by atoms with Crippen LogP contribution in [0.2, 0.25) is 0 Å². The molecular weight excluding hydrogens is 352 g/mol. The maximum atomic E-state index is 9.16. The van der Waals surface area contributed by atoms with Gasteiger partial charge >= 0.3 is 0 Å². The molecule has 1 aromatic heterocycles. The summed E-state index contributed by atoms with van der Waals surface area (Å²) in [5, 5.41) is 13.7. The summed E-state index contributed by atoms with van der Waals surface area (Å²) in [5.41, 5.74) is 3.74. The van der Waals surface area contributed by atoms with Crippen LogP contribution >= 0.6 is 0 Å². The van der Waals surface area contributed by atoms with E-state index in [9.17, 15) is 0 Å². The van der Waals surface area contributed by atoms with Gasteiger partial charge in [-0.05, 0) is 43.4 Å². The molecule has 6 nitrogen and oxygen atoms in total. The lowest BCUT2D eigenvalue weighted by Gasteiger charge is -2.36. The Bertz CT molecular complexity index is 773. The Labute approximate surface area is 167 Å². The van der Waals surface area contributed by atoms with Crippen LogP contribution in [0, 0.1) is 12.8 Å². The van der Waals surface area contributed by atoms with Crippen LogP contribution in [0.15, 0.2) is 30.5 Å². The molecular formula is C22H32N4O2. The lowest BCUT2D eigenvalue weighted by molar-refractivity contribution is 0.123. The SMILES string of the molecule is COc1ccc(CN2C[C@@H]3CC[C@H](C2)N(Cc2cn(CCO)nc2C)C3)cc1. The standard InChI is InChI=1S/C22H32N4O2/c1-17-20(15-26(23-17)9-10-27)14-25-13-19-3-6-21(25)16-24(12-19)11-18-4-7-22(28-2)8-5-18/h4-5,7-8,15,19,21,27H,3,6,9-14,16H2,1-2H3/t19-,21+/m0/s1. The van der Waals surface area contributed by atoms with Gasteiger partial charge in [0.2, 0.25) is 0 Å². The molecule has 0 saturated carbocycles. The third kappa shape index (κ3) is 4.40. The molecule has 1 N–H and O–H groups in total. The highest BCUT2D eigenvalue weighted by Crippen LogP contribution is 2.30. The van der Waals surface area contributed by atoms with Gasteiger partial charge in [0, 0.05) is 50.5 Å². The Morgan fingerprint density at radius 2 is 1.93 bits per heavy atom. The van der Waals surface area contributed by atoms with E-state index in [0.717, 1.165) is 37.0 Å². The molecule has 0 radical (unpaired) electrons. The molecule has 3 aliphatic heterocycles. The van der Waals surface area contributed by atoms with Crippen molar-refractivity contribution in [3.63, 3.8) is 0 Å². The van der Waals surface area contributed by atoms with Crippen molar-refractivity contribution in [3.8, 4) is 5.75 Å². The molecule has 1 aromatic carbocycles. The molecule has 3 saturated heterocycles. The summed E-state index contributed by atoms with van der Waals surface area (Å²) in [6, 6.07) is 9.09. The predicted molar refractivity (Wildman–Crippen MR) is 109 cm³/mol. The molecule has 28 heavy (non-hydrogen) atoms.